The van der Waals surface area contributed by atoms with E-state index in [1.165, 1.54) is 24.3 Å². The van der Waals surface area contributed by atoms with Crippen LogP contribution in [0.3, 0.4) is 0 Å². The molecule has 150 valence electrons. The molecule has 5 nitrogen and oxygen atoms in total. The largest absolute Gasteiger partial charge is 0.473 e. The molecule has 3 rings (SSSR count). The zero-order chi connectivity index (χ0) is 21.0. The van der Waals surface area contributed by atoms with Gasteiger partial charge in [-0.2, -0.15) is 0 Å². The Morgan fingerprint density at radius 3 is 2.52 bits per heavy atom. The number of benzene rings is 2. The van der Waals surface area contributed by atoms with Crippen molar-refractivity contribution in [3.8, 4) is 17.1 Å². The van der Waals surface area contributed by atoms with Crippen LogP contribution < -0.4 is 16.0 Å². The van der Waals surface area contributed by atoms with Crippen LogP contribution >= 0.6 is 11.6 Å². The average Bonchev–Trinajstić information content (AvgIpc) is 2.70. The van der Waals surface area contributed by atoms with E-state index in [0.29, 0.717) is 0 Å². The van der Waals surface area contributed by atoms with Gasteiger partial charge in [-0.1, -0.05) is 23.7 Å². The van der Waals surface area contributed by atoms with E-state index >= 15 is 0 Å². The van der Waals surface area contributed by atoms with Crippen LogP contribution in [-0.4, -0.2) is 10.9 Å². The van der Waals surface area contributed by atoms with E-state index in [-0.39, 0.29) is 39.9 Å². The molecule has 3 N–H and O–H groups in total. The monoisotopic (exact) mass is 421 g/mol. The van der Waals surface area contributed by atoms with Gasteiger partial charge >= 0.3 is 0 Å². The molecule has 9 heteroatoms. The van der Waals surface area contributed by atoms with Gasteiger partial charge in [0.05, 0.1) is 12.1 Å². The minimum absolute atomic E-state index is 0.100. The minimum Gasteiger partial charge on any atom is -0.473 e. The Balaban J connectivity index is 1.81. The first kappa shape index (κ1) is 20.6. The van der Waals surface area contributed by atoms with Crippen LogP contribution in [0.1, 0.15) is 11.1 Å². The number of amides is 1. The van der Waals surface area contributed by atoms with Crippen LogP contribution in [-0.2, 0) is 17.8 Å². The first-order chi connectivity index (χ1) is 13.9. The van der Waals surface area contributed by atoms with E-state index < -0.39 is 29.8 Å². The molecule has 3 aromatic rings. The van der Waals surface area contributed by atoms with Crippen molar-refractivity contribution < 1.29 is 22.7 Å². The number of nitrogens with two attached hydrogens (primary N) is 1. The molecule has 0 saturated heterocycles. The summed E-state index contributed by atoms with van der Waals surface area (Å²) in [5.74, 6) is 2.34. The molecule has 29 heavy (non-hydrogen) atoms. The Kier molecular flexibility index (Phi) is 6.36. The summed E-state index contributed by atoms with van der Waals surface area (Å²) in [6.45, 7) is -0.122. The number of carbonyl (C=O) groups excluding carboxylic acids is 1. The second-order valence-electron chi connectivity index (χ2n) is 6.05. The van der Waals surface area contributed by atoms with E-state index in [9.17, 15) is 18.0 Å². The van der Waals surface area contributed by atoms with Crippen molar-refractivity contribution in [1.82, 2.24) is 10.4 Å². The van der Waals surface area contributed by atoms with Gasteiger partial charge in [-0.05, 0) is 30.3 Å². The minimum atomic E-state index is -0.777. The second-order valence-corrected chi connectivity index (χ2v) is 6.49. The maximum Gasteiger partial charge on any atom is 0.238 e. The Hall–Kier alpha value is -3.10. The normalized spacial score (nSPS) is 10.7. The molecule has 0 fully saturated rings. The van der Waals surface area contributed by atoms with Crippen LogP contribution in [0.5, 0.6) is 5.88 Å². The molecular weight excluding hydrogens is 407 g/mol. The number of rotatable bonds is 6. The number of carbonyl (C=O) groups is 1. The number of nitrogens with one attached hydrogen (secondary N) is 1. The highest BCUT2D eigenvalue weighted by Crippen LogP contribution is 2.26. The summed E-state index contributed by atoms with van der Waals surface area (Å²) in [5, 5.41) is 0.260. The number of pyridine rings is 1. The van der Waals surface area contributed by atoms with E-state index in [4.69, 9.17) is 22.2 Å². The fraction of sp³-hybridized carbons (Fsp3) is 0.100. The molecule has 0 atom stereocenters. The van der Waals surface area contributed by atoms with Gasteiger partial charge in [0.1, 0.15) is 24.1 Å². The molecule has 0 unspecified atom stereocenters. The summed E-state index contributed by atoms with van der Waals surface area (Å²) in [6, 6.07) is 10.5. The number of nitrogens with zero attached hydrogens (tertiary/aromatic N) is 1. The molecule has 0 aliphatic heterocycles. The zero-order valence-corrected chi connectivity index (χ0v) is 15.6. The van der Waals surface area contributed by atoms with E-state index in [1.54, 1.807) is 6.07 Å². The van der Waals surface area contributed by atoms with Crippen molar-refractivity contribution >= 4 is 17.5 Å². The molecule has 0 spiro atoms. The number of hydrogen-bond donors (Lipinski definition) is 2. The Morgan fingerprint density at radius 2 is 1.79 bits per heavy atom. The summed E-state index contributed by atoms with van der Waals surface area (Å²) < 4.78 is 48.0. The van der Waals surface area contributed by atoms with Crippen LogP contribution in [0, 0.1) is 17.5 Å². The van der Waals surface area contributed by atoms with Gasteiger partial charge in [0.25, 0.3) is 0 Å². The number of ether oxygens (including phenoxy) is 1. The summed E-state index contributed by atoms with van der Waals surface area (Å²) in [4.78, 5) is 15.4. The molecule has 1 amide bonds. The van der Waals surface area contributed by atoms with E-state index in [2.05, 4.69) is 4.98 Å². The quantitative estimate of drug-likeness (QED) is 0.359. The lowest BCUT2D eigenvalue weighted by atomic mass is 10.0. The van der Waals surface area contributed by atoms with Gasteiger partial charge in [0.2, 0.25) is 11.8 Å². The number of hydrogen-bond acceptors (Lipinski definition) is 4. The molecule has 0 aliphatic rings. The molecule has 0 aliphatic carbocycles. The first-order valence-corrected chi connectivity index (χ1v) is 8.76. The predicted molar refractivity (Wildman–Crippen MR) is 101 cm³/mol. The van der Waals surface area contributed by atoms with E-state index in [1.807, 2.05) is 5.43 Å². The van der Waals surface area contributed by atoms with Crippen molar-refractivity contribution in [2.24, 2.45) is 5.84 Å². The fourth-order valence-electron chi connectivity index (χ4n) is 2.58. The molecular formula is C20H15ClF3N3O2. The standard InChI is InChI=1S/C20H15ClF3N3O2/c21-13-5-4-11(15(22)8-13)10-29-20-3-1-2-18(26-20)14-9-16(23)12(6-17(14)24)7-19(28)27-25/h1-6,8-9H,7,10,25H2,(H,27,28). The van der Waals surface area contributed by atoms with Crippen molar-refractivity contribution in [3.63, 3.8) is 0 Å². The van der Waals surface area contributed by atoms with Gasteiger partial charge in [-0.3, -0.25) is 10.2 Å². The lowest BCUT2D eigenvalue weighted by molar-refractivity contribution is -0.120. The molecule has 2 aromatic carbocycles. The van der Waals surface area contributed by atoms with Gasteiger partial charge in [-0.25, -0.2) is 24.0 Å². The molecule has 1 aromatic heterocycles. The number of aromatic nitrogens is 1. The van der Waals surface area contributed by atoms with Gasteiger partial charge in [0, 0.05) is 27.8 Å². The van der Waals surface area contributed by atoms with Gasteiger partial charge in [-0.15, -0.1) is 0 Å². The lowest BCUT2D eigenvalue weighted by Crippen LogP contribution is -2.31. The zero-order valence-electron chi connectivity index (χ0n) is 14.9. The van der Waals surface area contributed by atoms with E-state index in [0.717, 1.165) is 18.2 Å². The molecule has 0 saturated carbocycles. The van der Waals surface area contributed by atoms with Crippen molar-refractivity contribution in [2.45, 2.75) is 13.0 Å². The summed E-state index contributed by atoms with van der Waals surface area (Å²) in [6.07, 6.45) is -0.400. The van der Waals surface area contributed by atoms with Crippen molar-refractivity contribution in [1.29, 1.82) is 0 Å². The Bertz CT molecular complexity index is 1060. The molecule has 1 heterocycles. The number of hydrazine groups is 1. The number of halogens is 4. The second kappa shape index (κ2) is 8.93. The van der Waals surface area contributed by atoms with Gasteiger partial charge < -0.3 is 4.74 Å². The summed E-state index contributed by atoms with van der Waals surface area (Å²) >= 11 is 5.71. The summed E-state index contributed by atoms with van der Waals surface area (Å²) in [7, 11) is 0. The highest BCUT2D eigenvalue weighted by molar-refractivity contribution is 6.30. The van der Waals surface area contributed by atoms with Crippen LogP contribution in [0.4, 0.5) is 13.2 Å². The van der Waals surface area contributed by atoms with Crippen LogP contribution in [0.2, 0.25) is 5.02 Å². The highest BCUT2D eigenvalue weighted by atomic mass is 35.5. The average molecular weight is 422 g/mol. The van der Waals surface area contributed by atoms with Crippen molar-refractivity contribution in [3.05, 3.63) is 82.1 Å². The van der Waals surface area contributed by atoms with Gasteiger partial charge in [0.15, 0.2) is 0 Å². The topological polar surface area (TPSA) is 77.2 Å². The smallest absolute Gasteiger partial charge is 0.238 e. The Morgan fingerprint density at radius 1 is 1.03 bits per heavy atom. The predicted octanol–water partition coefficient (Wildman–Crippen LogP) is 3.93. The molecule has 0 radical (unpaired) electrons. The maximum absolute atomic E-state index is 14.5. The third-order valence-electron chi connectivity index (χ3n) is 4.04. The Labute approximate surface area is 169 Å². The maximum atomic E-state index is 14.5. The highest BCUT2D eigenvalue weighted by Gasteiger charge is 2.15. The SMILES string of the molecule is NNC(=O)Cc1cc(F)c(-c2cccc(OCc3ccc(Cl)cc3F)n2)cc1F. The first-order valence-electron chi connectivity index (χ1n) is 8.39. The molecule has 0 bridgehead atoms. The fourth-order valence-corrected chi connectivity index (χ4v) is 2.74. The summed E-state index contributed by atoms with van der Waals surface area (Å²) in [5.41, 5.74) is 1.99. The lowest BCUT2D eigenvalue weighted by Gasteiger charge is -2.10. The third-order valence-corrected chi connectivity index (χ3v) is 4.27. The van der Waals surface area contributed by atoms with Crippen molar-refractivity contribution in [2.75, 3.05) is 0 Å². The third kappa shape index (κ3) is 5.04. The van der Waals surface area contributed by atoms with Crippen LogP contribution in [0.15, 0.2) is 48.5 Å². The van der Waals surface area contributed by atoms with Crippen LogP contribution in [0.25, 0.3) is 11.3 Å².